The molecule has 2 aromatic rings. The molecule has 98 valence electrons. The summed E-state index contributed by atoms with van der Waals surface area (Å²) in [5.74, 6) is 0. The summed E-state index contributed by atoms with van der Waals surface area (Å²) < 4.78 is 0. The Hall–Kier alpha value is -1.64. The lowest BCUT2D eigenvalue weighted by molar-refractivity contribution is 0.233. The van der Waals surface area contributed by atoms with Crippen molar-refractivity contribution in [2.24, 2.45) is 0 Å². The number of aliphatic hydroxyl groups excluding tert-OH is 1. The number of benzene rings is 2. The fourth-order valence-corrected chi connectivity index (χ4v) is 2.90. The first-order chi connectivity index (χ1) is 9.36. The van der Waals surface area contributed by atoms with Crippen LogP contribution in [0, 0.1) is 0 Å². The molecule has 2 nitrogen and oxygen atoms in total. The predicted octanol–water partition coefficient (Wildman–Crippen LogP) is 2.48. The summed E-state index contributed by atoms with van der Waals surface area (Å²) in [6.07, 6.45) is 2.11. The van der Waals surface area contributed by atoms with Crippen LogP contribution in [-0.4, -0.2) is 17.8 Å². The molecular formula is C17H19NO. The van der Waals surface area contributed by atoms with E-state index in [4.69, 9.17) is 0 Å². The van der Waals surface area contributed by atoms with E-state index in [0.717, 1.165) is 18.4 Å². The Labute approximate surface area is 114 Å². The molecule has 0 fully saturated rings. The van der Waals surface area contributed by atoms with Crippen molar-refractivity contribution >= 4 is 0 Å². The largest absolute Gasteiger partial charge is 0.394 e. The molecule has 3 rings (SSSR count). The molecule has 0 heterocycles. The molecular weight excluding hydrogens is 234 g/mol. The van der Waals surface area contributed by atoms with E-state index in [2.05, 4.69) is 41.7 Å². The van der Waals surface area contributed by atoms with E-state index in [1.807, 2.05) is 18.2 Å². The second-order valence-corrected chi connectivity index (χ2v) is 5.19. The predicted molar refractivity (Wildman–Crippen MR) is 77.0 cm³/mol. The van der Waals surface area contributed by atoms with Gasteiger partial charge in [-0.15, -0.1) is 0 Å². The maximum atomic E-state index is 9.59. The maximum Gasteiger partial charge on any atom is 0.0626 e. The lowest BCUT2D eigenvalue weighted by Gasteiger charge is -2.21. The van der Waals surface area contributed by atoms with Crippen LogP contribution in [0.15, 0.2) is 54.6 Å². The van der Waals surface area contributed by atoms with E-state index in [1.54, 1.807) is 0 Å². The Morgan fingerprint density at radius 2 is 1.53 bits per heavy atom. The van der Waals surface area contributed by atoms with E-state index in [-0.39, 0.29) is 12.6 Å². The molecule has 0 amide bonds. The van der Waals surface area contributed by atoms with Gasteiger partial charge in [-0.3, -0.25) is 0 Å². The molecule has 0 bridgehead atoms. The van der Waals surface area contributed by atoms with Gasteiger partial charge >= 0.3 is 0 Å². The van der Waals surface area contributed by atoms with Crippen molar-refractivity contribution in [2.75, 3.05) is 6.61 Å². The van der Waals surface area contributed by atoms with Gasteiger partial charge in [0.2, 0.25) is 0 Å². The molecule has 1 aliphatic carbocycles. The zero-order chi connectivity index (χ0) is 13.1. The molecule has 0 saturated carbocycles. The quantitative estimate of drug-likeness (QED) is 0.877. The fraction of sp³-hybridized carbons (Fsp3) is 0.294. The lowest BCUT2D eigenvalue weighted by atomic mass is 10.1. The Bertz CT molecular complexity index is 513. The molecule has 0 unspecified atom stereocenters. The third kappa shape index (κ3) is 2.70. The standard InChI is InChI=1S/C17H19NO/c19-12-17(13-6-2-1-3-7-13)18-16-10-14-8-4-5-9-15(14)11-16/h1-9,16-19H,10-12H2/t17-/m1/s1. The average Bonchev–Trinajstić information content (AvgIpc) is 2.88. The minimum absolute atomic E-state index is 0.0283. The van der Waals surface area contributed by atoms with Gasteiger partial charge in [0.05, 0.1) is 12.6 Å². The molecule has 2 heteroatoms. The monoisotopic (exact) mass is 253 g/mol. The van der Waals surface area contributed by atoms with Gasteiger partial charge in [-0.05, 0) is 29.5 Å². The van der Waals surface area contributed by atoms with Crippen LogP contribution in [0.3, 0.4) is 0 Å². The third-order valence-corrected chi connectivity index (χ3v) is 3.87. The summed E-state index contributed by atoms with van der Waals surface area (Å²) in [6.45, 7) is 0.136. The molecule has 2 N–H and O–H groups in total. The highest BCUT2D eigenvalue weighted by Crippen LogP contribution is 2.24. The number of fused-ring (bicyclic) bond motifs is 1. The summed E-state index contributed by atoms with van der Waals surface area (Å²) in [5.41, 5.74) is 4.02. The second kappa shape index (κ2) is 5.55. The zero-order valence-electron chi connectivity index (χ0n) is 10.9. The molecule has 0 aliphatic heterocycles. The van der Waals surface area contributed by atoms with E-state index in [0.29, 0.717) is 6.04 Å². The highest BCUT2D eigenvalue weighted by atomic mass is 16.3. The molecule has 1 aliphatic rings. The van der Waals surface area contributed by atoms with Crippen molar-refractivity contribution in [3.05, 3.63) is 71.3 Å². The van der Waals surface area contributed by atoms with Crippen LogP contribution in [0.1, 0.15) is 22.7 Å². The number of hydrogen-bond acceptors (Lipinski definition) is 2. The molecule has 0 radical (unpaired) electrons. The van der Waals surface area contributed by atoms with Crippen molar-refractivity contribution in [2.45, 2.75) is 24.9 Å². The fourth-order valence-electron chi connectivity index (χ4n) is 2.90. The van der Waals surface area contributed by atoms with Crippen molar-refractivity contribution in [3.8, 4) is 0 Å². The van der Waals surface area contributed by atoms with Crippen LogP contribution in [0.5, 0.6) is 0 Å². The summed E-state index contributed by atoms with van der Waals surface area (Å²) in [6, 6.07) is 19.2. The van der Waals surface area contributed by atoms with Gasteiger partial charge in [0.1, 0.15) is 0 Å². The van der Waals surface area contributed by atoms with Crippen LogP contribution < -0.4 is 5.32 Å². The SMILES string of the molecule is OC[C@@H](NC1Cc2ccccc2C1)c1ccccc1. The first kappa shape index (κ1) is 12.4. The van der Waals surface area contributed by atoms with Gasteiger partial charge in [-0.1, -0.05) is 54.6 Å². The number of nitrogens with one attached hydrogen (secondary N) is 1. The number of hydrogen-bond donors (Lipinski definition) is 2. The summed E-state index contributed by atoms with van der Waals surface area (Å²) in [4.78, 5) is 0. The first-order valence-electron chi connectivity index (χ1n) is 6.85. The average molecular weight is 253 g/mol. The minimum Gasteiger partial charge on any atom is -0.394 e. The molecule has 19 heavy (non-hydrogen) atoms. The van der Waals surface area contributed by atoms with E-state index < -0.39 is 0 Å². The summed E-state index contributed by atoms with van der Waals surface area (Å²) >= 11 is 0. The number of rotatable bonds is 4. The molecule has 1 atom stereocenters. The zero-order valence-corrected chi connectivity index (χ0v) is 10.9. The lowest BCUT2D eigenvalue weighted by Crippen LogP contribution is -2.35. The van der Waals surface area contributed by atoms with E-state index >= 15 is 0 Å². The minimum atomic E-state index is 0.0283. The van der Waals surface area contributed by atoms with Gasteiger partial charge in [-0.2, -0.15) is 0 Å². The Balaban J connectivity index is 1.69. The van der Waals surface area contributed by atoms with Gasteiger partial charge in [0, 0.05) is 6.04 Å². The molecule has 0 saturated heterocycles. The Kier molecular flexibility index (Phi) is 3.62. The summed E-state index contributed by atoms with van der Waals surface area (Å²) in [5, 5.41) is 13.2. The van der Waals surface area contributed by atoms with Crippen molar-refractivity contribution in [3.63, 3.8) is 0 Å². The molecule has 0 spiro atoms. The Morgan fingerprint density at radius 1 is 0.947 bits per heavy atom. The molecule has 0 aromatic heterocycles. The van der Waals surface area contributed by atoms with Crippen molar-refractivity contribution in [1.29, 1.82) is 0 Å². The Morgan fingerprint density at radius 3 is 2.11 bits per heavy atom. The highest BCUT2D eigenvalue weighted by molar-refractivity contribution is 5.33. The van der Waals surface area contributed by atoms with Crippen molar-refractivity contribution < 1.29 is 5.11 Å². The van der Waals surface area contributed by atoms with Gasteiger partial charge in [-0.25, -0.2) is 0 Å². The molecule has 2 aromatic carbocycles. The van der Waals surface area contributed by atoms with Crippen LogP contribution >= 0.6 is 0 Å². The van der Waals surface area contributed by atoms with E-state index in [9.17, 15) is 5.11 Å². The number of aliphatic hydroxyl groups is 1. The second-order valence-electron chi connectivity index (χ2n) is 5.19. The van der Waals surface area contributed by atoms with Crippen LogP contribution in [0.2, 0.25) is 0 Å². The maximum absolute atomic E-state index is 9.59. The summed E-state index contributed by atoms with van der Waals surface area (Å²) in [7, 11) is 0. The van der Waals surface area contributed by atoms with E-state index in [1.165, 1.54) is 11.1 Å². The van der Waals surface area contributed by atoms with Crippen LogP contribution in [-0.2, 0) is 12.8 Å². The normalized spacial score (nSPS) is 16.3. The van der Waals surface area contributed by atoms with Gasteiger partial charge < -0.3 is 10.4 Å². The van der Waals surface area contributed by atoms with Gasteiger partial charge in [0.25, 0.3) is 0 Å². The van der Waals surface area contributed by atoms with Crippen molar-refractivity contribution in [1.82, 2.24) is 5.32 Å². The topological polar surface area (TPSA) is 32.3 Å². The highest BCUT2D eigenvalue weighted by Gasteiger charge is 2.23. The third-order valence-electron chi connectivity index (χ3n) is 3.87. The van der Waals surface area contributed by atoms with Gasteiger partial charge in [0.15, 0.2) is 0 Å². The van der Waals surface area contributed by atoms with Crippen LogP contribution in [0.25, 0.3) is 0 Å². The smallest absolute Gasteiger partial charge is 0.0626 e. The van der Waals surface area contributed by atoms with Crippen LogP contribution in [0.4, 0.5) is 0 Å². The first-order valence-corrected chi connectivity index (χ1v) is 6.85.